The van der Waals surface area contributed by atoms with Crippen LogP contribution in [0.4, 0.5) is 4.39 Å². The largest absolute Gasteiger partial charge is 0.506 e. The van der Waals surface area contributed by atoms with Crippen molar-refractivity contribution in [1.29, 1.82) is 0 Å². The van der Waals surface area contributed by atoms with Crippen molar-refractivity contribution in [3.63, 3.8) is 0 Å². The maximum atomic E-state index is 14.2. The van der Waals surface area contributed by atoms with E-state index in [0.717, 1.165) is 6.07 Å². The molecule has 0 aromatic heterocycles. The zero-order valence-electron chi connectivity index (χ0n) is 12.3. The number of aliphatic carboxylic acids is 1. The third kappa shape index (κ3) is 2.52. The van der Waals surface area contributed by atoms with E-state index in [1.807, 2.05) is 5.32 Å². The Balaban J connectivity index is 2.64. The van der Waals surface area contributed by atoms with Gasteiger partial charge in [-0.2, -0.15) is 0 Å². The molecule has 0 saturated carbocycles. The number of aromatic hydroxyl groups is 1. The van der Waals surface area contributed by atoms with Crippen LogP contribution in [0.25, 0.3) is 5.76 Å². The molecule has 122 valence electrons. The molecule has 1 amide bonds. The van der Waals surface area contributed by atoms with E-state index in [4.69, 9.17) is 5.11 Å². The predicted octanol–water partition coefficient (Wildman–Crippen LogP) is 0.861. The Morgan fingerprint density at radius 1 is 1.26 bits per heavy atom. The number of nitrogens with one attached hydrogen (secondary N) is 1. The van der Waals surface area contributed by atoms with Crippen LogP contribution < -0.4 is 5.32 Å². The molecule has 2 rings (SSSR count). The second-order valence-electron chi connectivity index (χ2n) is 5.58. The van der Waals surface area contributed by atoms with Gasteiger partial charge in [0.15, 0.2) is 17.3 Å². The van der Waals surface area contributed by atoms with Crippen LogP contribution in [0.2, 0.25) is 0 Å². The summed E-state index contributed by atoms with van der Waals surface area (Å²) in [6.07, 6.45) is 0. The number of halogens is 1. The van der Waals surface area contributed by atoms with E-state index in [1.54, 1.807) is 0 Å². The summed E-state index contributed by atoms with van der Waals surface area (Å²) in [4.78, 5) is 35.0. The number of hydrogen-bond acceptors (Lipinski definition) is 5. The van der Waals surface area contributed by atoms with Crippen LogP contribution >= 0.6 is 0 Å². The van der Waals surface area contributed by atoms with Crippen molar-refractivity contribution in [2.45, 2.75) is 19.3 Å². The summed E-state index contributed by atoms with van der Waals surface area (Å²) in [5.41, 5.74) is -2.51. The Morgan fingerprint density at radius 2 is 1.87 bits per heavy atom. The van der Waals surface area contributed by atoms with Crippen molar-refractivity contribution in [3.8, 4) is 5.75 Å². The second kappa shape index (κ2) is 5.38. The summed E-state index contributed by atoms with van der Waals surface area (Å²) in [7, 11) is 0. The first-order chi connectivity index (χ1) is 10.6. The minimum absolute atomic E-state index is 0.106. The first-order valence-electron chi connectivity index (χ1n) is 6.59. The molecule has 0 atom stereocenters. The number of aliphatic hydroxyl groups excluding tert-OH is 1. The summed E-state index contributed by atoms with van der Waals surface area (Å²) in [5, 5.41) is 30.2. The molecule has 1 aromatic carbocycles. The Bertz CT molecular complexity index is 765. The highest BCUT2D eigenvalue weighted by Crippen LogP contribution is 2.42. The number of carboxylic acids is 1. The molecule has 0 saturated heterocycles. The van der Waals surface area contributed by atoms with Crippen molar-refractivity contribution < 1.29 is 34.1 Å². The lowest BCUT2D eigenvalue weighted by atomic mass is 9.70. The van der Waals surface area contributed by atoms with Crippen LogP contribution in [0, 0.1) is 5.82 Å². The summed E-state index contributed by atoms with van der Waals surface area (Å²) >= 11 is 0. The van der Waals surface area contributed by atoms with E-state index >= 15 is 0 Å². The summed E-state index contributed by atoms with van der Waals surface area (Å²) in [6, 6.07) is 2.17. The lowest BCUT2D eigenvalue weighted by Gasteiger charge is -2.32. The van der Waals surface area contributed by atoms with Crippen molar-refractivity contribution in [2.24, 2.45) is 0 Å². The average molecular weight is 323 g/mol. The fourth-order valence-electron chi connectivity index (χ4n) is 2.50. The third-order valence-electron chi connectivity index (χ3n) is 3.66. The average Bonchev–Trinajstić information content (AvgIpc) is 2.46. The van der Waals surface area contributed by atoms with E-state index in [2.05, 4.69) is 0 Å². The Kier molecular flexibility index (Phi) is 3.85. The molecule has 1 aliphatic rings. The normalized spacial score (nSPS) is 16.0. The molecule has 0 heterocycles. The molecule has 0 fully saturated rings. The fraction of sp³-hybridized carbons (Fsp3) is 0.267. The molecule has 8 heteroatoms. The maximum Gasteiger partial charge on any atom is 0.322 e. The van der Waals surface area contributed by atoms with Gasteiger partial charge in [-0.05, 0) is 26.0 Å². The number of amides is 1. The van der Waals surface area contributed by atoms with Crippen molar-refractivity contribution in [1.82, 2.24) is 5.32 Å². The highest BCUT2D eigenvalue weighted by atomic mass is 19.1. The number of aliphatic hydroxyl groups is 1. The van der Waals surface area contributed by atoms with Gasteiger partial charge < -0.3 is 20.6 Å². The molecule has 0 unspecified atom stereocenters. The molecule has 4 N–H and O–H groups in total. The minimum atomic E-state index is -1.53. The van der Waals surface area contributed by atoms with Gasteiger partial charge in [0.05, 0.1) is 5.41 Å². The van der Waals surface area contributed by atoms with Gasteiger partial charge in [-0.1, -0.05) is 0 Å². The van der Waals surface area contributed by atoms with Gasteiger partial charge in [-0.3, -0.25) is 14.4 Å². The van der Waals surface area contributed by atoms with Crippen molar-refractivity contribution >= 4 is 23.4 Å². The molecule has 1 aromatic rings. The Labute approximate surface area is 130 Å². The number of benzene rings is 1. The highest BCUT2D eigenvalue weighted by Gasteiger charge is 2.45. The quantitative estimate of drug-likeness (QED) is 0.612. The van der Waals surface area contributed by atoms with Crippen LogP contribution in [0.5, 0.6) is 5.75 Å². The number of hydrogen-bond donors (Lipinski definition) is 4. The van der Waals surface area contributed by atoms with Crippen molar-refractivity contribution in [2.75, 3.05) is 6.54 Å². The number of carbonyl (C=O) groups is 3. The van der Waals surface area contributed by atoms with Gasteiger partial charge in [-0.25, -0.2) is 4.39 Å². The number of Topliss-reactive ketones (excluding diaryl/α,β-unsaturated/α-hetero) is 1. The van der Waals surface area contributed by atoms with Gasteiger partial charge in [0.2, 0.25) is 0 Å². The van der Waals surface area contributed by atoms with Gasteiger partial charge in [0.1, 0.15) is 17.9 Å². The fourth-order valence-corrected chi connectivity index (χ4v) is 2.50. The molecule has 0 bridgehead atoms. The van der Waals surface area contributed by atoms with Crippen LogP contribution in [-0.4, -0.2) is 39.5 Å². The summed E-state index contributed by atoms with van der Waals surface area (Å²) in [6.45, 7) is 1.95. The van der Waals surface area contributed by atoms with Gasteiger partial charge in [0.25, 0.3) is 5.91 Å². The van der Waals surface area contributed by atoms with Crippen molar-refractivity contribution in [3.05, 3.63) is 34.6 Å². The van der Waals surface area contributed by atoms with E-state index in [-0.39, 0.29) is 11.1 Å². The van der Waals surface area contributed by atoms with E-state index in [0.29, 0.717) is 0 Å². The van der Waals surface area contributed by atoms with Crippen LogP contribution in [0.15, 0.2) is 17.7 Å². The number of phenolic OH excluding ortho intramolecular Hbond substituents is 1. The molecule has 7 nitrogen and oxygen atoms in total. The number of phenols is 1. The summed E-state index contributed by atoms with van der Waals surface area (Å²) in [5.74, 6) is -5.77. The lowest BCUT2D eigenvalue weighted by molar-refractivity contribution is -0.138. The van der Waals surface area contributed by atoms with Gasteiger partial charge >= 0.3 is 5.97 Å². The maximum absolute atomic E-state index is 14.2. The standard InChI is InChI=1S/C15H14FNO6/c1-15(2)10-6(3-4-7(18)11(10)16)12(21)9(13(15)22)14(23)17-5-8(19)20/h3-4,18,21H,5H2,1-2H3,(H,17,23)(H,19,20). The predicted molar refractivity (Wildman–Crippen MR) is 76.3 cm³/mol. The van der Waals surface area contributed by atoms with Crippen LogP contribution in [-0.2, 0) is 19.8 Å². The first kappa shape index (κ1) is 16.5. The number of rotatable bonds is 3. The number of fused-ring (bicyclic) bond motifs is 1. The first-order valence-corrected chi connectivity index (χ1v) is 6.59. The number of ketones is 1. The Morgan fingerprint density at radius 3 is 2.43 bits per heavy atom. The highest BCUT2D eigenvalue weighted by molar-refractivity contribution is 6.28. The topological polar surface area (TPSA) is 124 Å². The number of carboxylic acid groups (broad SMARTS) is 1. The van der Waals surface area contributed by atoms with Gasteiger partial charge in [0, 0.05) is 11.1 Å². The monoisotopic (exact) mass is 323 g/mol. The molecule has 0 spiro atoms. The van der Waals surface area contributed by atoms with E-state index < -0.39 is 52.5 Å². The second-order valence-corrected chi connectivity index (χ2v) is 5.58. The smallest absolute Gasteiger partial charge is 0.322 e. The molecular formula is C15H14FNO6. The third-order valence-corrected chi connectivity index (χ3v) is 3.66. The zero-order valence-corrected chi connectivity index (χ0v) is 12.3. The molecular weight excluding hydrogens is 309 g/mol. The zero-order chi connectivity index (χ0) is 17.5. The molecule has 0 aliphatic heterocycles. The Hall–Kier alpha value is -2.90. The van der Waals surface area contributed by atoms with E-state index in [9.17, 15) is 29.0 Å². The molecule has 23 heavy (non-hydrogen) atoms. The van der Waals surface area contributed by atoms with Gasteiger partial charge in [-0.15, -0.1) is 0 Å². The number of carbonyl (C=O) groups excluding carboxylic acids is 2. The minimum Gasteiger partial charge on any atom is -0.506 e. The van der Waals surface area contributed by atoms with E-state index in [1.165, 1.54) is 19.9 Å². The molecule has 0 radical (unpaired) electrons. The lowest BCUT2D eigenvalue weighted by Crippen LogP contribution is -2.42. The van der Waals surface area contributed by atoms with Crippen LogP contribution in [0.1, 0.15) is 25.0 Å². The van der Waals surface area contributed by atoms with Crippen LogP contribution in [0.3, 0.4) is 0 Å². The molecule has 1 aliphatic carbocycles. The summed E-state index contributed by atoms with van der Waals surface area (Å²) < 4.78 is 14.2. The SMILES string of the molecule is CC1(C)C(=O)C(C(=O)NCC(=O)O)=C(O)c2ccc(O)c(F)c21.